The highest BCUT2D eigenvalue weighted by Gasteiger charge is 2.50. The van der Waals surface area contributed by atoms with Crippen LogP contribution in [0.5, 0.6) is 5.75 Å². The van der Waals surface area contributed by atoms with Gasteiger partial charge in [0.05, 0.1) is 23.9 Å². The second-order valence-electron chi connectivity index (χ2n) is 9.01. The van der Waals surface area contributed by atoms with Crippen LogP contribution in [0.2, 0.25) is 0 Å². The maximum atomic E-state index is 12.9. The predicted molar refractivity (Wildman–Crippen MR) is 120 cm³/mol. The zero-order valence-corrected chi connectivity index (χ0v) is 18.7. The summed E-state index contributed by atoms with van der Waals surface area (Å²) in [5.74, 6) is 0.610. The molecule has 2 aliphatic rings. The molecule has 10 nitrogen and oxygen atoms in total. The van der Waals surface area contributed by atoms with E-state index >= 15 is 0 Å². The molecule has 4 N–H and O–H groups in total. The van der Waals surface area contributed by atoms with Crippen molar-refractivity contribution < 1.29 is 19.4 Å². The number of hydrogen-bond donors (Lipinski definition) is 3. The zero-order chi connectivity index (χ0) is 23.6. The molecule has 2 fully saturated rings. The van der Waals surface area contributed by atoms with Crippen molar-refractivity contribution >= 4 is 5.91 Å². The fourth-order valence-corrected chi connectivity index (χ4v) is 4.80. The van der Waals surface area contributed by atoms with E-state index < -0.39 is 28.5 Å². The van der Waals surface area contributed by atoms with Crippen LogP contribution >= 0.6 is 0 Å². The number of carbonyl (C=O) groups excluding carboxylic acids is 1. The molecule has 2 aliphatic heterocycles. The molecule has 2 saturated heterocycles. The molecule has 1 aromatic carbocycles. The topological polar surface area (TPSA) is 140 Å². The van der Waals surface area contributed by atoms with Crippen molar-refractivity contribution in [3.05, 3.63) is 62.9 Å². The van der Waals surface area contributed by atoms with Crippen LogP contribution in [0.3, 0.4) is 0 Å². The van der Waals surface area contributed by atoms with Crippen LogP contribution in [-0.2, 0) is 4.74 Å². The normalized spacial score (nSPS) is 24.6. The molecule has 0 unspecified atom stereocenters. The van der Waals surface area contributed by atoms with E-state index in [1.54, 1.807) is 36.1 Å². The standard InChI is InChI=1S/C23H30N4O6/c1-22(31)15-23(33-14-18(22)27-10-6-19(28)25-21(27)30)7-11-26(12-8-23)20(29)16-2-4-17(5-3-16)32-13-9-24/h2-6,10,18,31H,7-9,11-15,24H2,1H3,(H,25,28,30)/t18-,22-/m0/s1. The maximum absolute atomic E-state index is 12.9. The number of amides is 1. The van der Waals surface area contributed by atoms with E-state index in [0.29, 0.717) is 56.8 Å². The highest BCUT2D eigenvalue weighted by molar-refractivity contribution is 5.94. The van der Waals surface area contributed by atoms with E-state index in [4.69, 9.17) is 15.2 Å². The van der Waals surface area contributed by atoms with Crippen molar-refractivity contribution in [2.45, 2.75) is 43.4 Å². The molecule has 33 heavy (non-hydrogen) atoms. The number of nitrogens with one attached hydrogen (secondary N) is 1. The molecule has 3 heterocycles. The number of aromatic amines is 1. The van der Waals surface area contributed by atoms with Crippen molar-refractivity contribution in [2.24, 2.45) is 5.73 Å². The van der Waals surface area contributed by atoms with E-state index in [1.807, 2.05) is 0 Å². The van der Waals surface area contributed by atoms with Gasteiger partial charge in [-0.05, 0) is 44.0 Å². The van der Waals surface area contributed by atoms with Gasteiger partial charge < -0.3 is 25.2 Å². The van der Waals surface area contributed by atoms with Gasteiger partial charge >= 0.3 is 5.69 Å². The number of aromatic nitrogens is 2. The molecular formula is C23H30N4O6. The fraction of sp³-hybridized carbons (Fsp3) is 0.522. The van der Waals surface area contributed by atoms with Gasteiger partial charge in [-0.15, -0.1) is 0 Å². The molecule has 1 aromatic heterocycles. The summed E-state index contributed by atoms with van der Waals surface area (Å²) in [6.07, 6.45) is 2.88. The molecule has 1 amide bonds. The van der Waals surface area contributed by atoms with Crippen LogP contribution in [0.15, 0.2) is 46.1 Å². The Morgan fingerprint density at radius 1 is 1.24 bits per heavy atom. The van der Waals surface area contributed by atoms with Gasteiger partial charge in [0.2, 0.25) is 0 Å². The first-order valence-corrected chi connectivity index (χ1v) is 11.1. The molecule has 0 aliphatic carbocycles. The lowest BCUT2D eigenvalue weighted by atomic mass is 9.75. The number of likely N-dealkylation sites (tertiary alicyclic amines) is 1. The van der Waals surface area contributed by atoms with Gasteiger partial charge in [0.15, 0.2) is 0 Å². The quantitative estimate of drug-likeness (QED) is 0.584. The number of ether oxygens (including phenoxy) is 2. The van der Waals surface area contributed by atoms with Gasteiger partial charge in [0, 0.05) is 43.9 Å². The SMILES string of the molecule is C[C@]1(O)CC2(CCN(C(=O)c3ccc(OCCN)cc3)CC2)OC[C@@H]1n1ccc(=O)[nH]c1=O. The van der Waals surface area contributed by atoms with Crippen LogP contribution in [-0.4, -0.2) is 69.5 Å². The molecular weight excluding hydrogens is 428 g/mol. The summed E-state index contributed by atoms with van der Waals surface area (Å²) < 4.78 is 13.0. The van der Waals surface area contributed by atoms with Crippen molar-refractivity contribution in [3.8, 4) is 5.75 Å². The molecule has 1 spiro atoms. The van der Waals surface area contributed by atoms with Crippen LogP contribution in [0.4, 0.5) is 0 Å². The minimum absolute atomic E-state index is 0.0598. The largest absolute Gasteiger partial charge is 0.492 e. The molecule has 0 bridgehead atoms. The summed E-state index contributed by atoms with van der Waals surface area (Å²) in [4.78, 5) is 40.5. The first-order chi connectivity index (χ1) is 15.7. The first kappa shape index (κ1) is 23.2. The smallest absolute Gasteiger partial charge is 0.328 e. The number of benzene rings is 1. The number of rotatable bonds is 5. The summed E-state index contributed by atoms with van der Waals surface area (Å²) >= 11 is 0. The van der Waals surface area contributed by atoms with Crippen LogP contribution < -0.4 is 21.7 Å². The van der Waals surface area contributed by atoms with Crippen molar-refractivity contribution in [1.82, 2.24) is 14.5 Å². The summed E-state index contributed by atoms with van der Waals surface area (Å²) in [6.45, 7) is 3.67. The third-order valence-electron chi connectivity index (χ3n) is 6.58. The number of piperidine rings is 1. The average molecular weight is 459 g/mol. The zero-order valence-electron chi connectivity index (χ0n) is 18.7. The Morgan fingerprint density at radius 3 is 2.55 bits per heavy atom. The van der Waals surface area contributed by atoms with Crippen molar-refractivity contribution in [2.75, 3.05) is 32.8 Å². The molecule has 0 saturated carbocycles. The van der Waals surface area contributed by atoms with Crippen LogP contribution in [0.25, 0.3) is 0 Å². The number of H-pyrrole nitrogens is 1. The Kier molecular flexibility index (Phi) is 6.42. The van der Waals surface area contributed by atoms with Gasteiger partial charge in [-0.25, -0.2) is 4.79 Å². The summed E-state index contributed by atoms with van der Waals surface area (Å²) in [7, 11) is 0. The van der Waals surface area contributed by atoms with Gasteiger partial charge in [-0.2, -0.15) is 0 Å². The molecule has 4 rings (SSSR count). The summed E-state index contributed by atoms with van der Waals surface area (Å²) in [5.41, 5.74) is 3.17. The molecule has 2 atom stereocenters. The van der Waals surface area contributed by atoms with Crippen LogP contribution in [0, 0.1) is 0 Å². The predicted octanol–water partition coefficient (Wildman–Crippen LogP) is 0.262. The Balaban J connectivity index is 1.39. The molecule has 10 heteroatoms. The van der Waals surface area contributed by atoms with E-state index in [-0.39, 0.29) is 12.5 Å². The lowest BCUT2D eigenvalue weighted by Gasteiger charge is -2.51. The highest BCUT2D eigenvalue weighted by atomic mass is 16.5. The van der Waals surface area contributed by atoms with E-state index in [9.17, 15) is 19.5 Å². The monoisotopic (exact) mass is 458 g/mol. The number of nitrogens with two attached hydrogens (primary N) is 1. The van der Waals surface area contributed by atoms with Gasteiger partial charge in [0.1, 0.15) is 12.4 Å². The fourth-order valence-electron chi connectivity index (χ4n) is 4.80. The van der Waals surface area contributed by atoms with Crippen molar-refractivity contribution in [3.63, 3.8) is 0 Å². The van der Waals surface area contributed by atoms with Crippen LogP contribution in [0.1, 0.15) is 42.6 Å². The highest BCUT2D eigenvalue weighted by Crippen LogP contribution is 2.43. The first-order valence-electron chi connectivity index (χ1n) is 11.1. The minimum atomic E-state index is -1.22. The number of nitrogens with zero attached hydrogens (tertiary/aromatic N) is 2. The third-order valence-corrected chi connectivity index (χ3v) is 6.58. The molecule has 0 radical (unpaired) electrons. The minimum Gasteiger partial charge on any atom is -0.492 e. The lowest BCUT2D eigenvalue weighted by Crippen LogP contribution is -2.59. The Hall–Kier alpha value is -2.95. The second-order valence-corrected chi connectivity index (χ2v) is 9.01. The summed E-state index contributed by atoms with van der Waals surface area (Å²) in [6, 6.07) is 7.64. The van der Waals surface area contributed by atoms with Gasteiger partial charge in [-0.3, -0.25) is 19.1 Å². The van der Waals surface area contributed by atoms with E-state index in [2.05, 4.69) is 4.98 Å². The average Bonchev–Trinajstić information content (AvgIpc) is 2.78. The van der Waals surface area contributed by atoms with E-state index in [1.165, 1.54) is 16.8 Å². The number of aliphatic hydroxyl groups is 1. The number of carbonyl (C=O) groups is 1. The van der Waals surface area contributed by atoms with Gasteiger partial charge in [-0.1, -0.05) is 0 Å². The maximum Gasteiger partial charge on any atom is 0.328 e. The lowest BCUT2D eigenvalue weighted by molar-refractivity contribution is -0.195. The van der Waals surface area contributed by atoms with E-state index in [0.717, 1.165) is 0 Å². The van der Waals surface area contributed by atoms with Crippen molar-refractivity contribution in [1.29, 1.82) is 0 Å². The molecule has 178 valence electrons. The Bertz CT molecular complexity index is 1100. The Labute approximate surface area is 190 Å². The van der Waals surface area contributed by atoms with Gasteiger partial charge in [0.25, 0.3) is 11.5 Å². The summed E-state index contributed by atoms with van der Waals surface area (Å²) in [5, 5.41) is 11.2. The number of hydrogen-bond acceptors (Lipinski definition) is 7. The molecule has 2 aromatic rings. The second kappa shape index (κ2) is 9.12. The Morgan fingerprint density at radius 2 is 1.94 bits per heavy atom. The third kappa shape index (κ3) is 4.87.